The number of amides is 1. The van der Waals surface area contributed by atoms with E-state index in [2.05, 4.69) is 4.98 Å². The van der Waals surface area contributed by atoms with Crippen LogP contribution in [-0.2, 0) is 26.2 Å². The molecule has 0 spiro atoms. The summed E-state index contributed by atoms with van der Waals surface area (Å²) in [6, 6.07) is 15.2. The first-order valence-electron chi connectivity index (χ1n) is 10.4. The highest BCUT2D eigenvalue weighted by atomic mass is 32.2. The van der Waals surface area contributed by atoms with Crippen LogP contribution >= 0.6 is 0 Å². The number of sulfonamides is 1. The Labute approximate surface area is 192 Å². The second kappa shape index (κ2) is 9.44. The maximum absolute atomic E-state index is 13.1. The lowest BCUT2D eigenvalue weighted by molar-refractivity contribution is -0.134. The number of rotatable bonds is 7. The molecule has 9 nitrogen and oxygen atoms in total. The van der Waals surface area contributed by atoms with Crippen molar-refractivity contribution in [1.82, 2.24) is 14.8 Å². The van der Waals surface area contributed by atoms with E-state index >= 15 is 0 Å². The average molecular weight is 472 g/mol. The third-order valence-corrected chi connectivity index (χ3v) is 7.69. The van der Waals surface area contributed by atoms with Gasteiger partial charge in [-0.15, -0.1) is 0 Å². The third kappa shape index (κ3) is 4.69. The summed E-state index contributed by atoms with van der Waals surface area (Å²) in [5.41, 5.74) is 4.34. The van der Waals surface area contributed by atoms with Crippen LogP contribution in [0.4, 0.5) is 0 Å². The molecule has 2 aromatic carbocycles. The van der Waals surface area contributed by atoms with E-state index in [4.69, 9.17) is 14.7 Å². The summed E-state index contributed by atoms with van der Waals surface area (Å²) >= 11 is 0. The Morgan fingerprint density at radius 3 is 2.67 bits per heavy atom. The van der Waals surface area contributed by atoms with Gasteiger partial charge < -0.3 is 9.47 Å². The summed E-state index contributed by atoms with van der Waals surface area (Å²) in [4.78, 5) is 16.4. The third-order valence-electron chi connectivity index (χ3n) is 5.79. The zero-order valence-corrected chi connectivity index (χ0v) is 19.1. The number of hydroxylamine groups is 1. The van der Waals surface area contributed by atoms with Crippen molar-refractivity contribution in [1.29, 1.82) is 0 Å². The van der Waals surface area contributed by atoms with Gasteiger partial charge in [-0.2, -0.15) is 4.31 Å². The highest BCUT2D eigenvalue weighted by Gasteiger charge is 2.41. The Bertz CT molecular complexity index is 1260. The van der Waals surface area contributed by atoms with Gasteiger partial charge in [0.1, 0.15) is 12.4 Å². The fourth-order valence-corrected chi connectivity index (χ4v) is 5.34. The van der Waals surface area contributed by atoms with Crippen molar-refractivity contribution in [2.75, 3.05) is 20.3 Å². The highest BCUT2D eigenvalue weighted by Crippen LogP contribution is 2.27. The number of aryl methyl sites for hydroxylation is 1. The van der Waals surface area contributed by atoms with Crippen molar-refractivity contribution in [2.45, 2.75) is 24.5 Å². The van der Waals surface area contributed by atoms with E-state index in [-0.39, 0.29) is 18.1 Å². The number of pyridine rings is 1. The van der Waals surface area contributed by atoms with Crippen LogP contribution in [0.25, 0.3) is 10.9 Å². The van der Waals surface area contributed by atoms with E-state index in [1.165, 1.54) is 19.2 Å². The largest absolute Gasteiger partial charge is 0.489 e. The van der Waals surface area contributed by atoms with Gasteiger partial charge in [0, 0.05) is 23.7 Å². The molecule has 1 saturated heterocycles. The summed E-state index contributed by atoms with van der Waals surface area (Å²) in [5.74, 6) is -0.949. The number of carbonyl (C=O) groups is 1. The number of aromatic nitrogens is 1. The highest BCUT2D eigenvalue weighted by molar-refractivity contribution is 7.89. The monoisotopic (exact) mass is 471 g/mol. The van der Waals surface area contributed by atoms with Crippen molar-refractivity contribution in [3.8, 4) is 5.75 Å². The van der Waals surface area contributed by atoms with Crippen molar-refractivity contribution in [2.24, 2.45) is 5.92 Å². The van der Waals surface area contributed by atoms with E-state index in [1.807, 2.05) is 37.3 Å². The first-order chi connectivity index (χ1) is 15.8. The van der Waals surface area contributed by atoms with Crippen LogP contribution in [0.1, 0.15) is 11.3 Å². The lowest BCUT2D eigenvalue weighted by Gasteiger charge is -2.26. The van der Waals surface area contributed by atoms with Crippen molar-refractivity contribution in [3.05, 3.63) is 65.9 Å². The number of para-hydroxylation sites is 1. The lowest BCUT2D eigenvalue weighted by atomic mass is 10.0. The SMILES string of the molecule is Cc1cc(COc2ccc(S(=O)(=O)N(C)[C@@H]3COC[C@@H]3C(=O)NO)cc2)c2ccccc2n1. The number of nitrogens with one attached hydrogen (secondary N) is 1. The first-order valence-corrected chi connectivity index (χ1v) is 11.8. The molecule has 2 N–H and O–H groups in total. The molecule has 2 heterocycles. The Morgan fingerprint density at radius 2 is 1.94 bits per heavy atom. The molecule has 1 aromatic heterocycles. The predicted molar refractivity (Wildman–Crippen MR) is 120 cm³/mol. The maximum atomic E-state index is 13.1. The second-order valence-electron chi connectivity index (χ2n) is 7.91. The van der Waals surface area contributed by atoms with Gasteiger partial charge >= 0.3 is 0 Å². The van der Waals surface area contributed by atoms with Crippen LogP contribution < -0.4 is 10.2 Å². The predicted octanol–water partition coefficient (Wildman–Crippen LogP) is 2.26. The second-order valence-corrected chi connectivity index (χ2v) is 9.91. The van der Waals surface area contributed by atoms with Crippen LogP contribution in [0.5, 0.6) is 5.75 Å². The minimum absolute atomic E-state index is 0.0346. The molecule has 1 aliphatic rings. The van der Waals surface area contributed by atoms with E-state index in [1.54, 1.807) is 17.6 Å². The molecule has 0 radical (unpaired) electrons. The Balaban J connectivity index is 1.49. The normalized spacial score (nSPS) is 18.5. The zero-order chi connectivity index (χ0) is 23.6. The maximum Gasteiger partial charge on any atom is 0.250 e. The van der Waals surface area contributed by atoms with E-state index < -0.39 is 27.9 Å². The summed E-state index contributed by atoms with van der Waals surface area (Å²) in [6.45, 7) is 2.34. The number of nitrogens with zero attached hydrogens (tertiary/aromatic N) is 2. The summed E-state index contributed by atoms with van der Waals surface area (Å²) in [5, 5.41) is 9.92. The van der Waals surface area contributed by atoms with Gasteiger partial charge in [-0.25, -0.2) is 13.9 Å². The molecule has 0 bridgehead atoms. The van der Waals surface area contributed by atoms with Crippen LogP contribution in [0.3, 0.4) is 0 Å². The smallest absolute Gasteiger partial charge is 0.250 e. The van der Waals surface area contributed by atoms with E-state index in [9.17, 15) is 13.2 Å². The van der Waals surface area contributed by atoms with Crippen molar-refractivity contribution in [3.63, 3.8) is 0 Å². The number of benzene rings is 2. The molecule has 1 aliphatic heterocycles. The van der Waals surface area contributed by atoms with Gasteiger partial charge in [-0.1, -0.05) is 18.2 Å². The standard InChI is InChI=1S/C23H25N3O6S/c1-15-11-16(19-5-3-4-6-21(19)24-15)12-32-17-7-9-18(10-8-17)33(29,30)26(2)22-14-31-13-20(22)23(27)25-28/h3-11,20,22,28H,12-14H2,1-2H3,(H,25,27)/t20-,22+/m0/s1. The number of hydrogen-bond donors (Lipinski definition) is 2. The molecule has 174 valence electrons. The molecular weight excluding hydrogens is 446 g/mol. The molecule has 0 aliphatic carbocycles. The fraction of sp³-hybridized carbons (Fsp3) is 0.304. The van der Waals surface area contributed by atoms with Gasteiger partial charge in [0.2, 0.25) is 15.9 Å². The summed E-state index contributed by atoms with van der Waals surface area (Å²) in [7, 11) is -2.49. The minimum Gasteiger partial charge on any atom is -0.489 e. The Morgan fingerprint density at radius 1 is 1.21 bits per heavy atom. The van der Waals surface area contributed by atoms with Gasteiger partial charge in [0.15, 0.2) is 0 Å². The molecule has 2 atom stereocenters. The molecule has 0 saturated carbocycles. The van der Waals surface area contributed by atoms with Gasteiger partial charge in [-0.3, -0.25) is 15.0 Å². The number of likely N-dealkylation sites (N-methyl/N-ethyl adjacent to an activating group) is 1. The van der Waals surface area contributed by atoms with Gasteiger partial charge in [-0.05, 0) is 43.3 Å². The molecule has 1 fully saturated rings. The fourth-order valence-electron chi connectivity index (χ4n) is 3.96. The first kappa shape index (κ1) is 23.1. The molecule has 3 aromatic rings. The van der Waals surface area contributed by atoms with E-state index in [0.29, 0.717) is 12.4 Å². The minimum atomic E-state index is -3.89. The van der Waals surface area contributed by atoms with Crippen molar-refractivity contribution >= 4 is 26.8 Å². The number of fused-ring (bicyclic) bond motifs is 1. The molecule has 4 rings (SSSR count). The number of hydrogen-bond acceptors (Lipinski definition) is 7. The Hall–Kier alpha value is -3.05. The summed E-state index contributed by atoms with van der Waals surface area (Å²) < 4.78 is 38.5. The molecular formula is C23H25N3O6S. The zero-order valence-electron chi connectivity index (χ0n) is 18.3. The summed E-state index contributed by atoms with van der Waals surface area (Å²) in [6.07, 6.45) is 0. The van der Waals surface area contributed by atoms with Gasteiger partial charge in [0.05, 0.1) is 35.6 Å². The lowest BCUT2D eigenvalue weighted by Crippen LogP contribution is -2.46. The van der Waals surface area contributed by atoms with Gasteiger partial charge in [0.25, 0.3) is 0 Å². The Kier molecular flexibility index (Phi) is 6.61. The van der Waals surface area contributed by atoms with Crippen molar-refractivity contribution < 1.29 is 27.9 Å². The van der Waals surface area contributed by atoms with Crippen LogP contribution in [0, 0.1) is 12.8 Å². The molecule has 10 heteroatoms. The molecule has 1 amide bonds. The van der Waals surface area contributed by atoms with Crippen LogP contribution in [0.15, 0.2) is 59.5 Å². The molecule has 33 heavy (non-hydrogen) atoms. The quantitative estimate of drug-likeness (QED) is 0.401. The van der Waals surface area contributed by atoms with Crippen LogP contribution in [-0.4, -0.2) is 55.1 Å². The topological polar surface area (TPSA) is 118 Å². The number of ether oxygens (including phenoxy) is 2. The number of carbonyl (C=O) groups excluding carboxylic acids is 1. The van der Waals surface area contributed by atoms with E-state index in [0.717, 1.165) is 26.5 Å². The van der Waals surface area contributed by atoms with Crippen LogP contribution in [0.2, 0.25) is 0 Å². The average Bonchev–Trinajstić information content (AvgIpc) is 3.31. The molecule has 0 unspecified atom stereocenters.